The summed E-state index contributed by atoms with van der Waals surface area (Å²) in [5.74, 6) is 0.662. The van der Waals surface area contributed by atoms with Crippen molar-refractivity contribution in [2.24, 2.45) is 0 Å². The quantitative estimate of drug-likeness (QED) is 0.389. The van der Waals surface area contributed by atoms with Gasteiger partial charge >= 0.3 is 6.09 Å². The van der Waals surface area contributed by atoms with Crippen LogP contribution in [0.5, 0.6) is 0 Å². The number of thioether (sulfide) groups is 1. The molecule has 0 spiro atoms. The van der Waals surface area contributed by atoms with Gasteiger partial charge in [-0.15, -0.1) is 0 Å². The average Bonchev–Trinajstić information content (AvgIpc) is 2.45. The third-order valence-corrected chi connectivity index (χ3v) is 2.94. The molecule has 9 heteroatoms. The number of carbonyl (C=O) groups is 2. The third kappa shape index (κ3) is 19.2. The Balaban J connectivity index is 3.18. The number of hydroxylamine groups is 1. The van der Waals surface area contributed by atoms with Crippen LogP contribution in [0, 0.1) is 0 Å². The van der Waals surface area contributed by atoms with Crippen LogP contribution in [0.2, 0.25) is 0 Å². The maximum atomic E-state index is 11.2. The van der Waals surface area contributed by atoms with E-state index in [4.69, 9.17) is 23.8 Å². The Hall–Kier alpha value is -0.870. The van der Waals surface area contributed by atoms with Crippen molar-refractivity contribution in [2.75, 3.05) is 52.0 Å². The minimum absolute atomic E-state index is 0.0947. The summed E-state index contributed by atoms with van der Waals surface area (Å²) < 4.78 is 20.9. The van der Waals surface area contributed by atoms with Crippen molar-refractivity contribution in [3.63, 3.8) is 0 Å². The minimum atomic E-state index is -0.632. The first kappa shape index (κ1) is 23.1. The van der Waals surface area contributed by atoms with Crippen LogP contribution in [-0.2, 0) is 28.6 Å². The molecule has 0 heterocycles. The van der Waals surface area contributed by atoms with Crippen LogP contribution in [0.25, 0.3) is 0 Å². The van der Waals surface area contributed by atoms with Crippen molar-refractivity contribution in [1.82, 2.24) is 5.48 Å². The highest BCUT2D eigenvalue weighted by Crippen LogP contribution is 2.06. The molecule has 24 heavy (non-hydrogen) atoms. The van der Waals surface area contributed by atoms with Crippen molar-refractivity contribution in [1.29, 1.82) is 0 Å². The Labute approximate surface area is 147 Å². The Morgan fingerprint density at radius 1 is 0.875 bits per heavy atom. The topological polar surface area (TPSA) is 92.3 Å². The van der Waals surface area contributed by atoms with Crippen LogP contribution in [0.15, 0.2) is 0 Å². The van der Waals surface area contributed by atoms with Gasteiger partial charge in [-0.1, -0.05) is 11.8 Å². The summed E-state index contributed by atoms with van der Waals surface area (Å²) in [7, 11) is 0. The van der Waals surface area contributed by atoms with Gasteiger partial charge in [-0.3, -0.25) is 9.63 Å². The summed E-state index contributed by atoms with van der Waals surface area (Å²) in [6.45, 7) is 9.77. The molecule has 0 fully saturated rings. The second-order valence-electron chi connectivity index (χ2n) is 5.63. The highest BCUT2D eigenvalue weighted by atomic mass is 32.2. The molecule has 0 aliphatic rings. The Kier molecular flexibility index (Phi) is 13.9. The molecule has 0 aromatic rings. The highest BCUT2D eigenvalue weighted by molar-refractivity contribution is 8.13. The van der Waals surface area contributed by atoms with Gasteiger partial charge in [0.05, 0.1) is 46.2 Å². The first-order valence-corrected chi connectivity index (χ1v) is 8.77. The monoisotopic (exact) mass is 367 g/mol. The zero-order valence-corrected chi connectivity index (χ0v) is 15.7. The largest absolute Gasteiger partial charge is 0.442 e. The van der Waals surface area contributed by atoms with Gasteiger partial charge in [-0.2, -0.15) is 5.48 Å². The van der Waals surface area contributed by atoms with Crippen LogP contribution < -0.4 is 5.48 Å². The zero-order valence-electron chi connectivity index (χ0n) is 14.9. The Morgan fingerprint density at radius 3 is 1.88 bits per heavy atom. The molecule has 8 nitrogen and oxygen atoms in total. The molecule has 0 aromatic heterocycles. The van der Waals surface area contributed by atoms with E-state index in [1.165, 1.54) is 18.7 Å². The van der Waals surface area contributed by atoms with Gasteiger partial charge in [0.1, 0.15) is 5.60 Å². The first-order valence-electron chi connectivity index (χ1n) is 7.78. The normalized spacial score (nSPS) is 11.3. The van der Waals surface area contributed by atoms with E-state index in [-0.39, 0.29) is 11.7 Å². The lowest BCUT2D eigenvalue weighted by molar-refractivity contribution is -0.109. The molecule has 142 valence electrons. The SMILES string of the molecule is CC(=O)SCCOCCOCCOCCONC(=O)OC(C)(C)C. The van der Waals surface area contributed by atoms with Crippen LogP contribution >= 0.6 is 11.8 Å². The van der Waals surface area contributed by atoms with Gasteiger partial charge in [0.25, 0.3) is 0 Å². The molecule has 0 aromatic carbocycles. The van der Waals surface area contributed by atoms with Crippen LogP contribution in [-0.4, -0.2) is 68.8 Å². The molecule has 1 N–H and O–H groups in total. The average molecular weight is 367 g/mol. The van der Waals surface area contributed by atoms with Crippen molar-refractivity contribution in [3.05, 3.63) is 0 Å². The summed E-state index contributed by atoms with van der Waals surface area (Å²) >= 11 is 1.25. The molecule has 0 aliphatic heterocycles. The molecule has 0 saturated carbocycles. The highest BCUT2D eigenvalue weighted by Gasteiger charge is 2.15. The lowest BCUT2D eigenvalue weighted by atomic mass is 10.2. The van der Waals surface area contributed by atoms with Crippen molar-refractivity contribution in [3.8, 4) is 0 Å². The van der Waals surface area contributed by atoms with Gasteiger partial charge in [-0.25, -0.2) is 4.79 Å². The molecule has 0 radical (unpaired) electrons. The Bertz CT molecular complexity index is 347. The second-order valence-corrected chi connectivity index (χ2v) is 6.90. The van der Waals surface area contributed by atoms with Gasteiger partial charge in [0, 0.05) is 12.7 Å². The molecule has 0 atom stereocenters. The summed E-state index contributed by atoms with van der Waals surface area (Å²) in [4.78, 5) is 26.8. The number of ether oxygens (including phenoxy) is 4. The van der Waals surface area contributed by atoms with Crippen molar-refractivity contribution in [2.45, 2.75) is 33.3 Å². The fourth-order valence-corrected chi connectivity index (χ4v) is 1.78. The van der Waals surface area contributed by atoms with Crippen LogP contribution in [0.1, 0.15) is 27.7 Å². The molecule has 0 bridgehead atoms. The number of rotatable bonds is 13. The van der Waals surface area contributed by atoms with Crippen LogP contribution in [0.4, 0.5) is 4.79 Å². The standard InChI is InChI=1S/C15H29NO7S/c1-13(17)24-12-11-21-8-7-19-5-6-20-9-10-22-16-14(18)23-15(2,3)4/h5-12H2,1-4H3,(H,16,18). The van der Waals surface area contributed by atoms with Crippen LogP contribution in [0.3, 0.4) is 0 Å². The van der Waals surface area contributed by atoms with E-state index >= 15 is 0 Å². The van der Waals surface area contributed by atoms with Crippen molar-refractivity contribution < 1.29 is 33.4 Å². The first-order chi connectivity index (χ1) is 11.3. The molecule has 1 amide bonds. The molecular formula is C15H29NO7S. The maximum Gasteiger partial charge on any atom is 0.431 e. The maximum absolute atomic E-state index is 11.2. The van der Waals surface area contributed by atoms with E-state index in [0.717, 1.165) is 0 Å². The lowest BCUT2D eigenvalue weighted by Crippen LogP contribution is -2.33. The van der Waals surface area contributed by atoms with E-state index in [0.29, 0.717) is 45.4 Å². The summed E-state index contributed by atoms with van der Waals surface area (Å²) in [5, 5.41) is 0.0947. The van der Waals surface area contributed by atoms with Crippen molar-refractivity contribution >= 4 is 23.0 Å². The molecule has 0 saturated heterocycles. The number of hydrogen-bond donors (Lipinski definition) is 1. The smallest absolute Gasteiger partial charge is 0.431 e. The fourth-order valence-electron chi connectivity index (χ4n) is 1.30. The van der Waals surface area contributed by atoms with E-state index < -0.39 is 11.7 Å². The number of hydrogen-bond acceptors (Lipinski definition) is 8. The van der Waals surface area contributed by atoms with Gasteiger partial charge in [0.15, 0.2) is 5.12 Å². The molecule has 0 unspecified atom stereocenters. The molecular weight excluding hydrogens is 338 g/mol. The lowest BCUT2D eigenvalue weighted by Gasteiger charge is -2.19. The van der Waals surface area contributed by atoms with Gasteiger partial charge in [0.2, 0.25) is 0 Å². The second kappa shape index (κ2) is 14.5. The van der Waals surface area contributed by atoms with E-state index in [2.05, 4.69) is 5.48 Å². The Morgan fingerprint density at radius 2 is 1.38 bits per heavy atom. The summed E-state index contributed by atoms with van der Waals surface area (Å²) in [6, 6.07) is 0. The number of amides is 1. The minimum Gasteiger partial charge on any atom is -0.442 e. The van der Waals surface area contributed by atoms with E-state index in [1.807, 2.05) is 0 Å². The number of carbonyl (C=O) groups excluding carboxylic acids is 2. The predicted molar refractivity (Wildman–Crippen MR) is 90.9 cm³/mol. The van der Waals surface area contributed by atoms with E-state index in [1.54, 1.807) is 20.8 Å². The third-order valence-electron chi connectivity index (χ3n) is 2.16. The summed E-state index contributed by atoms with van der Waals surface area (Å²) in [5.41, 5.74) is 1.61. The van der Waals surface area contributed by atoms with E-state index in [9.17, 15) is 9.59 Å². The molecule has 0 rings (SSSR count). The number of nitrogens with one attached hydrogen (secondary N) is 1. The fraction of sp³-hybridized carbons (Fsp3) is 0.867. The molecule has 0 aliphatic carbocycles. The van der Waals surface area contributed by atoms with Gasteiger partial charge in [-0.05, 0) is 20.8 Å². The predicted octanol–water partition coefficient (Wildman–Crippen LogP) is 1.77. The summed E-state index contributed by atoms with van der Waals surface area (Å²) in [6.07, 6.45) is -0.632. The van der Waals surface area contributed by atoms with Gasteiger partial charge < -0.3 is 18.9 Å². The zero-order chi connectivity index (χ0) is 18.3.